The first-order chi connectivity index (χ1) is 9.24. The molecule has 21 heavy (non-hydrogen) atoms. The Morgan fingerprint density at radius 2 is 1.86 bits per heavy atom. The number of rotatable bonds is 6. The number of likely N-dealkylation sites (N-methyl/N-ethyl adjacent to an activating group) is 1. The largest absolute Gasteiger partial charge is 0.343 e. The van der Waals surface area contributed by atoms with Crippen LogP contribution < -0.4 is 10.5 Å². The maximum absolute atomic E-state index is 12.0. The molecule has 0 fully saturated rings. The van der Waals surface area contributed by atoms with Crippen molar-refractivity contribution in [2.75, 3.05) is 20.1 Å². The molecule has 8 heteroatoms. The van der Waals surface area contributed by atoms with E-state index in [-0.39, 0.29) is 36.3 Å². The van der Waals surface area contributed by atoms with Gasteiger partial charge in [0.1, 0.15) is 0 Å². The Balaban J connectivity index is 0.00000400. The van der Waals surface area contributed by atoms with Crippen molar-refractivity contribution in [3.63, 3.8) is 0 Å². The SMILES string of the molecule is Cc1ccc(S(=O)(=O)NCCN(C)C(=O)[C@H](C)N)cc1.Cl. The van der Waals surface area contributed by atoms with E-state index >= 15 is 0 Å². The summed E-state index contributed by atoms with van der Waals surface area (Å²) in [6.45, 7) is 3.89. The number of hydrogen-bond donors (Lipinski definition) is 2. The molecule has 0 bridgehead atoms. The minimum atomic E-state index is -3.54. The molecule has 0 unspecified atom stereocenters. The number of sulfonamides is 1. The maximum atomic E-state index is 12.0. The minimum Gasteiger partial charge on any atom is -0.343 e. The van der Waals surface area contributed by atoms with Crippen molar-refractivity contribution in [3.8, 4) is 0 Å². The Bertz CT molecular complexity index is 559. The molecule has 0 saturated carbocycles. The molecule has 0 spiro atoms. The second-order valence-electron chi connectivity index (χ2n) is 4.76. The van der Waals surface area contributed by atoms with Crippen LogP contribution in [0.3, 0.4) is 0 Å². The predicted octanol–water partition coefficient (Wildman–Crippen LogP) is 0.501. The summed E-state index contributed by atoms with van der Waals surface area (Å²) in [5.41, 5.74) is 6.46. The van der Waals surface area contributed by atoms with Crippen LogP contribution >= 0.6 is 12.4 Å². The van der Waals surface area contributed by atoms with Crippen molar-refractivity contribution in [1.29, 1.82) is 0 Å². The van der Waals surface area contributed by atoms with Gasteiger partial charge in [0, 0.05) is 20.1 Å². The van der Waals surface area contributed by atoms with Gasteiger partial charge in [0.15, 0.2) is 0 Å². The van der Waals surface area contributed by atoms with Crippen LogP contribution in [0.1, 0.15) is 12.5 Å². The summed E-state index contributed by atoms with van der Waals surface area (Å²) in [7, 11) is -1.95. The van der Waals surface area contributed by atoms with Gasteiger partial charge >= 0.3 is 0 Å². The average molecular weight is 336 g/mol. The highest BCUT2D eigenvalue weighted by Gasteiger charge is 2.16. The van der Waals surface area contributed by atoms with Crippen molar-refractivity contribution in [1.82, 2.24) is 9.62 Å². The van der Waals surface area contributed by atoms with Crippen LogP contribution in [0.5, 0.6) is 0 Å². The smallest absolute Gasteiger partial charge is 0.240 e. The fourth-order valence-electron chi connectivity index (χ4n) is 1.61. The predicted molar refractivity (Wildman–Crippen MR) is 84.9 cm³/mol. The number of benzene rings is 1. The van der Waals surface area contributed by atoms with Gasteiger partial charge in [-0.1, -0.05) is 17.7 Å². The van der Waals surface area contributed by atoms with Crippen LogP contribution in [0, 0.1) is 6.92 Å². The van der Waals surface area contributed by atoms with E-state index in [0.717, 1.165) is 5.56 Å². The van der Waals surface area contributed by atoms with Gasteiger partial charge in [-0.3, -0.25) is 4.79 Å². The molecule has 0 saturated heterocycles. The lowest BCUT2D eigenvalue weighted by molar-refractivity contribution is -0.130. The van der Waals surface area contributed by atoms with Crippen molar-refractivity contribution >= 4 is 28.3 Å². The summed E-state index contributed by atoms with van der Waals surface area (Å²) in [6, 6.07) is 5.98. The molecule has 3 N–H and O–H groups in total. The standard InChI is InChI=1S/C13H21N3O3S.ClH/c1-10-4-6-12(7-5-10)20(18,19)15-8-9-16(3)13(17)11(2)14;/h4-7,11,15H,8-9,14H2,1-3H3;1H/t11-;/m0./s1. The molecule has 1 atom stereocenters. The third-order valence-corrected chi connectivity index (χ3v) is 4.31. The number of carbonyl (C=O) groups excluding carboxylic acids is 1. The summed E-state index contributed by atoms with van der Waals surface area (Å²) in [6.07, 6.45) is 0. The van der Waals surface area contributed by atoms with Gasteiger partial charge in [0.05, 0.1) is 10.9 Å². The highest BCUT2D eigenvalue weighted by Crippen LogP contribution is 2.09. The highest BCUT2D eigenvalue weighted by molar-refractivity contribution is 7.89. The molecular formula is C13H22ClN3O3S. The molecule has 0 aromatic heterocycles. The van der Waals surface area contributed by atoms with Crippen LogP contribution in [0.15, 0.2) is 29.2 Å². The molecule has 0 aliphatic carbocycles. The number of nitrogens with zero attached hydrogens (tertiary/aromatic N) is 1. The van der Waals surface area contributed by atoms with Gasteiger partial charge in [-0.2, -0.15) is 0 Å². The lowest BCUT2D eigenvalue weighted by Gasteiger charge is -2.19. The molecule has 1 aromatic carbocycles. The first kappa shape index (κ1) is 19.9. The lowest BCUT2D eigenvalue weighted by Crippen LogP contribution is -2.43. The maximum Gasteiger partial charge on any atom is 0.240 e. The van der Waals surface area contributed by atoms with E-state index in [0.29, 0.717) is 0 Å². The second-order valence-corrected chi connectivity index (χ2v) is 6.53. The topological polar surface area (TPSA) is 92.5 Å². The van der Waals surface area contributed by atoms with E-state index < -0.39 is 16.1 Å². The summed E-state index contributed by atoms with van der Waals surface area (Å²) in [4.78, 5) is 13.1. The van der Waals surface area contributed by atoms with E-state index in [1.54, 1.807) is 38.2 Å². The Morgan fingerprint density at radius 1 is 1.33 bits per heavy atom. The van der Waals surface area contributed by atoms with Crippen LogP contribution in [-0.4, -0.2) is 45.4 Å². The van der Waals surface area contributed by atoms with Crippen LogP contribution in [0.2, 0.25) is 0 Å². The Kier molecular flexibility index (Phi) is 7.87. The van der Waals surface area contributed by atoms with Crippen LogP contribution in [-0.2, 0) is 14.8 Å². The fourth-order valence-corrected chi connectivity index (χ4v) is 2.63. The van der Waals surface area contributed by atoms with Crippen LogP contribution in [0.25, 0.3) is 0 Å². The summed E-state index contributed by atoms with van der Waals surface area (Å²) in [5, 5.41) is 0. The Labute approximate surface area is 132 Å². The van der Waals surface area contributed by atoms with Gasteiger partial charge in [-0.25, -0.2) is 13.1 Å². The van der Waals surface area contributed by atoms with E-state index in [9.17, 15) is 13.2 Å². The quantitative estimate of drug-likeness (QED) is 0.791. The number of amides is 1. The number of nitrogens with two attached hydrogens (primary N) is 1. The Hall–Kier alpha value is -1.15. The van der Waals surface area contributed by atoms with Gasteiger partial charge in [0.2, 0.25) is 15.9 Å². The van der Waals surface area contributed by atoms with Crippen LogP contribution in [0.4, 0.5) is 0 Å². The first-order valence-electron chi connectivity index (χ1n) is 6.31. The van der Waals surface area contributed by atoms with Gasteiger partial charge in [-0.05, 0) is 26.0 Å². The minimum absolute atomic E-state index is 0. The molecule has 0 radical (unpaired) electrons. The summed E-state index contributed by atoms with van der Waals surface area (Å²) in [5.74, 6) is -0.223. The van der Waals surface area contributed by atoms with Gasteiger partial charge in [0.25, 0.3) is 0 Å². The van der Waals surface area contributed by atoms with E-state index in [4.69, 9.17) is 5.73 Å². The molecule has 1 aromatic rings. The molecule has 120 valence electrons. The van der Waals surface area contributed by atoms with Crippen molar-refractivity contribution in [2.24, 2.45) is 5.73 Å². The zero-order chi connectivity index (χ0) is 15.3. The zero-order valence-electron chi connectivity index (χ0n) is 12.4. The first-order valence-corrected chi connectivity index (χ1v) is 7.79. The van der Waals surface area contributed by atoms with E-state index in [1.165, 1.54) is 4.90 Å². The number of aryl methyl sites for hydroxylation is 1. The zero-order valence-corrected chi connectivity index (χ0v) is 14.0. The molecular weight excluding hydrogens is 314 g/mol. The number of halogens is 1. The van der Waals surface area contributed by atoms with Gasteiger partial charge in [-0.15, -0.1) is 12.4 Å². The summed E-state index contributed by atoms with van der Waals surface area (Å²) >= 11 is 0. The molecule has 1 rings (SSSR count). The highest BCUT2D eigenvalue weighted by atomic mass is 35.5. The Morgan fingerprint density at radius 3 is 2.33 bits per heavy atom. The number of hydrogen-bond acceptors (Lipinski definition) is 4. The third-order valence-electron chi connectivity index (χ3n) is 2.84. The third kappa shape index (κ3) is 6.01. The van der Waals surface area contributed by atoms with Crippen molar-refractivity contribution in [2.45, 2.75) is 24.8 Å². The lowest BCUT2D eigenvalue weighted by atomic mass is 10.2. The normalized spacial score (nSPS) is 12.4. The molecule has 1 amide bonds. The van der Waals surface area contributed by atoms with E-state index in [2.05, 4.69) is 4.72 Å². The van der Waals surface area contributed by atoms with E-state index in [1.807, 2.05) is 6.92 Å². The van der Waals surface area contributed by atoms with Crippen molar-refractivity contribution in [3.05, 3.63) is 29.8 Å². The average Bonchev–Trinajstić information content (AvgIpc) is 2.37. The summed E-state index contributed by atoms with van der Waals surface area (Å²) < 4.78 is 26.4. The molecule has 0 aliphatic heterocycles. The fraction of sp³-hybridized carbons (Fsp3) is 0.462. The number of nitrogens with one attached hydrogen (secondary N) is 1. The second kappa shape index (κ2) is 8.33. The van der Waals surface area contributed by atoms with Crippen molar-refractivity contribution < 1.29 is 13.2 Å². The molecule has 0 heterocycles. The van der Waals surface area contributed by atoms with Gasteiger partial charge < -0.3 is 10.6 Å². The molecule has 6 nitrogen and oxygen atoms in total. The monoisotopic (exact) mass is 335 g/mol. The number of carbonyl (C=O) groups is 1. The molecule has 0 aliphatic rings.